The largest absolute Gasteiger partial charge is 0.468 e. The minimum Gasteiger partial charge on any atom is -0.468 e. The van der Waals surface area contributed by atoms with Crippen LogP contribution in [-0.2, 0) is 16.6 Å². The van der Waals surface area contributed by atoms with E-state index < -0.39 is 10.0 Å². The lowest BCUT2D eigenvalue weighted by Gasteiger charge is -2.34. The summed E-state index contributed by atoms with van der Waals surface area (Å²) in [5.41, 5.74) is 0.798. The second kappa shape index (κ2) is 9.36. The van der Waals surface area contributed by atoms with Crippen molar-refractivity contribution in [2.45, 2.75) is 11.4 Å². The lowest BCUT2D eigenvalue weighted by atomic mass is 10.2. The summed E-state index contributed by atoms with van der Waals surface area (Å²) < 4.78 is 32.8. The summed E-state index contributed by atoms with van der Waals surface area (Å²) >= 11 is 6.01. The van der Waals surface area contributed by atoms with Crippen LogP contribution in [0.25, 0.3) is 0 Å². The molecule has 1 amide bonds. The molecule has 1 fully saturated rings. The fourth-order valence-electron chi connectivity index (χ4n) is 3.67. The number of nitrogens with zero attached hydrogens (tertiary/aromatic N) is 3. The second-order valence-electron chi connectivity index (χ2n) is 7.63. The molecule has 0 bridgehead atoms. The Morgan fingerprint density at radius 2 is 1.78 bits per heavy atom. The highest BCUT2D eigenvalue weighted by atomic mass is 35.5. The van der Waals surface area contributed by atoms with Crippen molar-refractivity contribution in [3.8, 4) is 0 Å². The van der Waals surface area contributed by atoms with Crippen molar-refractivity contribution < 1.29 is 17.6 Å². The van der Waals surface area contributed by atoms with Crippen LogP contribution < -0.4 is 4.31 Å². The molecule has 2 heterocycles. The van der Waals surface area contributed by atoms with Gasteiger partial charge in [-0.2, -0.15) is 0 Å². The van der Waals surface area contributed by atoms with Gasteiger partial charge >= 0.3 is 0 Å². The van der Waals surface area contributed by atoms with Gasteiger partial charge in [-0.15, -0.1) is 0 Å². The minimum absolute atomic E-state index is 0.0577. The molecule has 0 aliphatic carbocycles. The third kappa shape index (κ3) is 4.82. The van der Waals surface area contributed by atoms with Crippen molar-refractivity contribution in [2.24, 2.45) is 0 Å². The van der Waals surface area contributed by atoms with E-state index >= 15 is 0 Å². The van der Waals surface area contributed by atoms with Crippen LogP contribution in [0.2, 0.25) is 5.02 Å². The number of sulfonamides is 1. The fourth-order valence-corrected chi connectivity index (χ4v) is 5.09. The van der Waals surface area contributed by atoms with Crippen molar-refractivity contribution in [1.29, 1.82) is 0 Å². The zero-order valence-electron chi connectivity index (χ0n) is 17.6. The Kier molecular flexibility index (Phi) is 6.55. The average Bonchev–Trinajstić information content (AvgIpc) is 3.32. The van der Waals surface area contributed by atoms with Gasteiger partial charge in [0.05, 0.1) is 23.4 Å². The molecule has 9 heteroatoms. The number of rotatable bonds is 6. The van der Waals surface area contributed by atoms with E-state index in [0.717, 1.165) is 23.2 Å². The Bertz CT molecular complexity index is 1190. The molecule has 0 unspecified atom stereocenters. The predicted molar refractivity (Wildman–Crippen MR) is 123 cm³/mol. The highest BCUT2D eigenvalue weighted by Crippen LogP contribution is 2.25. The molecule has 1 aromatic heterocycles. The van der Waals surface area contributed by atoms with Crippen LogP contribution in [0, 0.1) is 0 Å². The second-order valence-corrected chi connectivity index (χ2v) is 10.0. The highest BCUT2D eigenvalue weighted by molar-refractivity contribution is 7.92. The van der Waals surface area contributed by atoms with Crippen molar-refractivity contribution in [3.63, 3.8) is 0 Å². The maximum Gasteiger partial charge on any atom is 0.264 e. The number of benzene rings is 2. The standard InChI is InChI=1S/C23H24ClN3O4S/c1-25(20-7-3-6-19(24)16-20)32(29,30)22-9-2-5-18(15-22)23(28)27-12-10-26(11-13-27)17-21-8-4-14-31-21/h2-9,14-16H,10-13,17H2,1H3. The van der Waals surface area contributed by atoms with Gasteiger partial charge in [0, 0.05) is 43.8 Å². The van der Waals surface area contributed by atoms with Crippen LogP contribution in [0.3, 0.4) is 0 Å². The van der Waals surface area contributed by atoms with Gasteiger partial charge in [-0.1, -0.05) is 23.7 Å². The molecule has 0 atom stereocenters. The van der Waals surface area contributed by atoms with Gasteiger partial charge in [-0.25, -0.2) is 8.42 Å². The quantitative estimate of drug-likeness (QED) is 0.545. The number of amides is 1. The molecule has 0 N–H and O–H groups in total. The smallest absolute Gasteiger partial charge is 0.264 e. The van der Waals surface area contributed by atoms with Gasteiger partial charge in [0.1, 0.15) is 5.76 Å². The number of furan rings is 1. The number of hydrogen-bond acceptors (Lipinski definition) is 5. The first-order valence-corrected chi connectivity index (χ1v) is 12.0. The molecule has 1 aliphatic heterocycles. The molecular weight excluding hydrogens is 450 g/mol. The Balaban J connectivity index is 1.46. The van der Waals surface area contributed by atoms with Crippen LogP contribution in [-0.4, -0.2) is 57.4 Å². The van der Waals surface area contributed by atoms with Gasteiger partial charge in [-0.3, -0.25) is 14.0 Å². The van der Waals surface area contributed by atoms with E-state index in [1.54, 1.807) is 47.6 Å². The van der Waals surface area contributed by atoms with E-state index in [4.69, 9.17) is 16.0 Å². The first-order valence-electron chi connectivity index (χ1n) is 10.2. The van der Waals surface area contributed by atoms with Crippen LogP contribution in [0.1, 0.15) is 16.1 Å². The first-order chi connectivity index (χ1) is 15.3. The van der Waals surface area contributed by atoms with Crippen molar-refractivity contribution >= 4 is 33.2 Å². The Morgan fingerprint density at radius 1 is 1.03 bits per heavy atom. The molecule has 4 rings (SSSR count). The van der Waals surface area contributed by atoms with Gasteiger partial charge in [0.2, 0.25) is 0 Å². The monoisotopic (exact) mass is 473 g/mol. The molecule has 0 saturated carbocycles. The highest BCUT2D eigenvalue weighted by Gasteiger charge is 2.26. The SMILES string of the molecule is CN(c1cccc(Cl)c1)S(=O)(=O)c1cccc(C(=O)N2CCN(Cc3ccco3)CC2)c1. The van der Waals surface area contributed by atoms with Gasteiger partial charge in [-0.05, 0) is 48.5 Å². The summed E-state index contributed by atoms with van der Waals surface area (Å²) in [6.45, 7) is 3.29. The number of hydrogen-bond donors (Lipinski definition) is 0. The van der Waals surface area contributed by atoms with E-state index in [0.29, 0.717) is 35.9 Å². The Morgan fingerprint density at radius 3 is 2.47 bits per heavy atom. The third-order valence-electron chi connectivity index (χ3n) is 5.53. The van der Waals surface area contributed by atoms with Crippen LogP contribution in [0.15, 0.2) is 76.2 Å². The molecule has 7 nitrogen and oxygen atoms in total. The van der Waals surface area contributed by atoms with E-state index in [9.17, 15) is 13.2 Å². The number of carbonyl (C=O) groups excluding carboxylic acids is 1. The summed E-state index contributed by atoms with van der Waals surface area (Å²) in [5, 5.41) is 0.444. The molecule has 0 radical (unpaired) electrons. The van der Waals surface area contributed by atoms with Crippen LogP contribution in [0.5, 0.6) is 0 Å². The summed E-state index contributed by atoms with van der Waals surface area (Å²) in [6.07, 6.45) is 1.65. The van der Waals surface area contributed by atoms with Crippen molar-refractivity contribution in [3.05, 3.63) is 83.3 Å². The molecular formula is C23H24ClN3O4S. The summed E-state index contributed by atoms with van der Waals surface area (Å²) in [6, 6.07) is 16.6. The van der Waals surface area contributed by atoms with Crippen LogP contribution >= 0.6 is 11.6 Å². The number of piperazine rings is 1. The van der Waals surface area contributed by atoms with E-state index in [-0.39, 0.29) is 10.8 Å². The Labute approximate surface area is 192 Å². The fraction of sp³-hybridized carbons (Fsp3) is 0.261. The molecule has 3 aromatic rings. The number of carbonyl (C=O) groups is 1. The minimum atomic E-state index is -3.85. The average molecular weight is 474 g/mol. The molecule has 2 aromatic carbocycles. The topological polar surface area (TPSA) is 74.1 Å². The lowest BCUT2D eigenvalue weighted by molar-refractivity contribution is 0.0620. The first kappa shape index (κ1) is 22.4. The van der Waals surface area contributed by atoms with Gasteiger partial charge < -0.3 is 9.32 Å². The third-order valence-corrected chi connectivity index (χ3v) is 7.55. The molecule has 1 saturated heterocycles. The zero-order chi connectivity index (χ0) is 22.7. The predicted octanol–water partition coefficient (Wildman–Crippen LogP) is 3.72. The maximum absolute atomic E-state index is 13.1. The van der Waals surface area contributed by atoms with E-state index in [2.05, 4.69) is 4.90 Å². The van der Waals surface area contributed by atoms with Crippen molar-refractivity contribution in [2.75, 3.05) is 37.5 Å². The summed E-state index contributed by atoms with van der Waals surface area (Å²) in [4.78, 5) is 17.1. The van der Waals surface area contributed by atoms with Crippen LogP contribution in [0.4, 0.5) is 5.69 Å². The van der Waals surface area contributed by atoms with Crippen molar-refractivity contribution in [1.82, 2.24) is 9.80 Å². The maximum atomic E-state index is 13.1. The lowest BCUT2D eigenvalue weighted by Crippen LogP contribution is -2.48. The summed E-state index contributed by atoms with van der Waals surface area (Å²) in [7, 11) is -2.38. The summed E-state index contributed by atoms with van der Waals surface area (Å²) in [5.74, 6) is 0.719. The molecule has 0 spiro atoms. The van der Waals surface area contributed by atoms with Gasteiger partial charge in [0.15, 0.2) is 0 Å². The molecule has 1 aliphatic rings. The van der Waals surface area contributed by atoms with E-state index in [1.165, 1.54) is 19.2 Å². The number of anilines is 1. The normalized spacial score (nSPS) is 15.0. The molecule has 32 heavy (non-hydrogen) atoms. The van der Waals surface area contributed by atoms with E-state index in [1.807, 2.05) is 12.1 Å². The zero-order valence-corrected chi connectivity index (χ0v) is 19.2. The Hall–Kier alpha value is -2.81. The molecule has 168 valence electrons. The van der Waals surface area contributed by atoms with Gasteiger partial charge in [0.25, 0.3) is 15.9 Å². The number of halogens is 1.